The summed E-state index contributed by atoms with van der Waals surface area (Å²) in [5, 5.41) is 0. The highest BCUT2D eigenvalue weighted by atomic mass is 16.5. The van der Waals surface area contributed by atoms with E-state index in [9.17, 15) is 9.59 Å². The molecule has 6 nitrogen and oxygen atoms in total. The Hall–Kier alpha value is -3.41. The number of rotatable bonds is 6. The number of carbonyl (C=O) groups is 2. The zero-order valence-electron chi connectivity index (χ0n) is 14.0. The van der Waals surface area contributed by atoms with E-state index in [0.717, 1.165) is 11.4 Å². The van der Waals surface area contributed by atoms with Crippen molar-refractivity contribution in [2.24, 2.45) is 0 Å². The molecule has 0 saturated carbocycles. The van der Waals surface area contributed by atoms with Gasteiger partial charge in [-0.05, 0) is 42.8 Å². The number of hydrogen-bond donors (Lipinski definition) is 0. The van der Waals surface area contributed by atoms with Crippen LogP contribution >= 0.6 is 0 Å². The maximum Gasteiger partial charge on any atom is 0.261 e. The lowest BCUT2D eigenvalue weighted by molar-refractivity contribution is 0.0647. The van der Waals surface area contributed by atoms with Gasteiger partial charge in [0, 0.05) is 24.6 Å². The number of hydrogen-bond acceptors (Lipinski definition) is 4. The fourth-order valence-electron chi connectivity index (χ4n) is 2.98. The van der Waals surface area contributed by atoms with E-state index in [1.54, 1.807) is 36.8 Å². The molecule has 26 heavy (non-hydrogen) atoms. The monoisotopic (exact) mass is 347 g/mol. The Morgan fingerprint density at radius 3 is 2.23 bits per heavy atom. The number of carbonyl (C=O) groups excluding carboxylic acids is 2. The smallest absolute Gasteiger partial charge is 0.261 e. The Morgan fingerprint density at radius 2 is 1.62 bits per heavy atom. The molecule has 0 atom stereocenters. The predicted molar refractivity (Wildman–Crippen MR) is 95.5 cm³/mol. The maximum absolute atomic E-state index is 12.3. The fraction of sp³-hybridized carbons (Fsp3) is 0.150. The molecule has 1 aliphatic rings. The van der Waals surface area contributed by atoms with E-state index in [-0.39, 0.29) is 11.8 Å². The molecule has 0 N–H and O–H groups in total. The Kier molecular flexibility index (Phi) is 4.23. The van der Waals surface area contributed by atoms with Crippen LogP contribution in [-0.2, 0) is 0 Å². The molecule has 3 aromatic rings. The molecule has 0 radical (unpaired) electrons. The lowest BCUT2D eigenvalue weighted by Crippen LogP contribution is -2.31. The summed E-state index contributed by atoms with van der Waals surface area (Å²) in [5.41, 5.74) is 1.96. The van der Waals surface area contributed by atoms with Crippen molar-refractivity contribution in [3.8, 4) is 11.4 Å². The summed E-state index contributed by atoms with van der Waals surface area (Å²) < 4.78 is 7.62. The molecule has 2 heterocycles. The normalized spacial score (nSPS) is 13.2. The summed E-state index contributed by atoms with van der Waals surface area (Å²) in [6.45, 7) is 0.775. The SMILES string of the molecule is O=C1c2ccccc2C(=O)N1CCCOc1ccc(-n2ccnc2)cc1. The van der Waals surface area contributed by atoms with Crippen molar-refractivity contribution in [2.45, 2.75) is 6.42 Å². The second-order valence-corrected chi connectivity index (χ2v) is 5.97. The van der Waals surface area contributed by atoms with Gasteiger partial charge < -0.3 is 9.30 Å². The van der Waals surface area contributed by atoms with E-state index in [1.807, 2.05) is 35.0 Å². The van der Waals surface area contributed by atoms with Crippen LogP contribution in [0.15, 0.2) is 67.3 Å². The molecule has 2 aromatic carbocycles. The van der Waals surface area contributed by atoms with Gasteiger partial charge in [-0.3, -0.25) is 14.5 Å². The predicted octanol–water partition coefficient (Wildman–Crippen LogP) is 2.94. The van der Waals surface area contributed by atoms with Crippen molar-refractivity contribution in [3.05, 3.63) is 78.4 Å². The molecule has 4 rings (SSSR count). The van der Waals surface area contributed by atoms with Gasteiger partial charge in [0.25, 0.3) is 11.8 Å². The third-order valence-corrected chi connectivity index (χ3v) is 4.31. The van der Waals surface area contributed by atoms with E-state index in [4.69, 9.17) is 4.74 Å². The van der Waals surface area contributed by atoms with Crippen molar-refractivity contribution in [3.63, 3.8) is 0 Å². The molecule has 1 aliphatic heterocycles. The number of imidazole rings is 1. The van der Waals surface area contributed by atoms with Crippen molar-refractivity contribution in [2.75, 3.05) is 13.2 Å². The van der Waals surface area contributed by atoms with E-state index in [2.05, 4.69) is 4.98 Å². The number of benzene rings is 2. The van der Waals surface area contributed by atoms with Crippen LogP contribution in [0.3, 0.4) is 0 Å². The first-order valence-corrected chi connectivity index (χ1v) is 8.40. The first kappa shape index (κ1) is 16.1. The molecule has 2 amide bonds. The fourth-order valence-corrected chi connectivity index (χ4v) is 2.98. The van der Waals surface area contributed by atoms with Gasteiger partial charge in [0.15, 0.2) is 0 Å². The van der Waals surface area contributed by atoms with E-state index in [0.29, 0.717) is 30.7 Å². The Morgan fingerprint density at radius 1 is 0.923 bits per heavy atom. The molecule has 130 valence electrons. The lowest BCUT2D eigenvalue weighted by Gasteiger charge is -2.14. The minimum atomic E-state index is -0.227. The quantitative estimate of drug-likeness (QED) is 0.508. The van der Waals surface area contributed by atoms with Crippen LogP contribution in [0.4, 0.5) is 0 Å². The molecular formula is C20H17N3O3. The van der Waals surface area contributed by atoms with Gasteiger partial charge in [0.05, 0.1) is 24.1 Å². The standard InChI is InChI=1S/C20H17N3O3/c24-19-17-4-1-2-5-18(17)20(25)23(19)11-3-13-26-16-8-6-15(7-9-16)22-12-10-21-14-22/h1-2,4-10,12,14H,3,11,13H2. The van der Waals surface area contributed by atoms with Crippen LogP contribution in [-0.4, -0.2) is 39.4 Å². The van der Waals surface area contributed by atoms with Crippen LogP contribution in [0.2, 0.25) is 0 Å². The van der Waals surface area contributed by atoms with Crippen LogP contribution in [0.5, 0.6) is 5.75 Å². The molecule has 0 spiro atoms. The molecule has 1 aromatic heterocycles. The highest BCUT2D eigenvalue weighted by Crippen LogP contribution is 2.22. The number of imide groups is 1. The van der Waals surface area contributed by atoms with Crippen LogP contribution in [0.1, 0.15) is 27.1 Å². The third-order valence-electron chi connectivity index (χ3n) is 4.31. The Balaban J connectivity index is 1.30. The Bertz CT molecular complexity index is 898. The van der Waals surface area contributed by atoms with Gasteiger partial charge in [-0.25, -0.2) is 4.98 Å². The number of fused-ring (bicyclic) bond motifs is 1. The molecule has 0 unspecified atom stereocenters. The summed E-state index contributed by atoms with van der Waals surface area (Å²) in [6.07, 6.45) is 5.91. The lowest BCUT2D eigenvalue weighted by atomic mass is 10.1. The molecule has 0 aliphatic carbocycles. The van der Waals surface area contributed by atoms with Crippen LogP contribution in [0, 0.1) is 0 Å². The number of aromatic nitrogens is 2. The number of amides is 2. The minimum Gasteiger partial charge on any atom is -0.494 e. The minimum absolute atomic E-state index is 0.227. The van der Waals surface area contributed by atoms with Gasteiger partial charge in [-0.2, -0.15) is 0 Å². The van der Waals surface area contributed by atoms with Gasteiger partial charge >= 0.3 is 0 Å². The Labute approximate surface area is 150 Å². The van der Waals surface area contributed by atoms with Gasteiger partial charge in [-0.1, -0.05) is 12.1 Å². The van der Waals surface area contributed by atoms with Crippen molar-refractivity contribution in [1.29, 1.82) is 0 Å². The summed E-state index contributed by atoms with van der Waals surface area (Å²) >= 11 is 0. The van der Waals surface area contributed by atoms with E-state index >= 15 is 0 Å². The van der Waals surface area contributed by atoms with Crippen molar-refractivity contribution >= 4 is 11.8 Å². The van der Waals surface area contributed by atoms with Crippen molar-refractivity contribution in [1.82, 2.24) is 14.5 Å². The molecular weight excluding hydrogens is 330 g/mol. The van der Waals surface area contributed by atoms with E-state index in [1.165, 1.54) is 4.90 Å². The molecule has 0 bridgehead atoms. The second-order valence-electron chi connectivity index (χ2n) is 5.97. The average molecular weight is 347 g/mol. The first-order valence-electron chi connectivity index (χ1n) is 8.40. The topological polar surface area (TPSA) is 64.4 Å². The average Bonchev–Trinajstić information content (AvgIpc) is 3.29. The zero-order chi connectivity index (χ0) is 17.9. The summed E-state index contributed by atoms with van der Waals surface area (Å²) in [4.78, 5) is 29.9. The van der Waals surface area contributed by atoms with Gasteiger partial charge in [-0.15, -0.1) is 0 Å². The molecule has 0 saturated heterocycles. The van der Waals surface area contributed by atoms with Crippen molar-refractivity contribution < 1.29 is 14.3 Å². The summed E-state index contributed by atoms with van der Waals surface area (Å²) in [5.74, 6) is 0.293. The van der Waals surface area contributed by atoms with Crippen LogP contribution < -0.4 is 4.74 Å². The maximum atomic E-state index is 12.3. The van der Waals surface area contributed by atoms with Crippen LogP contribution in [0.25, 0.3) is 5.69 Å². The zero-order valence-corrected chi connectivity index (χ0v) is 14.0. The number of ether oxygens (including phenoxy) is 1. The van der Waals surface area contributed by atoms with E-state index < -0.39 is 0 Å². The second kappa shape index (κ2) is 6.84. The third kappa shape index (κ3) is 2.97. The molecule has 0 fully saturated rings. The van der Waals surface area contributed by atoms with Gasteiger partial charge in [0.2, 0.25) is 0 Å². The highest BCUT2D eigenvalue weighted by molar-refractivity contribution is 6.21. The first-order chi connectivity index (χ1) is 12.7. The molecule has 6 heteroatoms. The highest BCUT2D eigenvalue weighted by Gasteiger charge is 2.34. The number of nitrogens with zero attached hydrogens (tertiary/aromatic N) is 3. The largest absolute Gasteiger partial charge is 0.494 e. The van der Waals surface area contributed by atoms with Gasteiger partial charge in [0.1, 0.15) is 5.75 Å². The summed E-state index contributed by atoms with van der Waals surface area (Å²) in [6, 6.07) is 14.6. The summed E-state index contributed by atoms with van der Waals surface area (Å²) in [7, 11) is 0.